The topological polar surface area (TPSA) is 95.9 Å². The Morgan fingerprint density at radius 2 is 2.13 bits per heavy atom. The Bertz CT molecular complexity index is 613. The summed E-state index contributed by atoms with van der Waals surface area (Å²) in [6, 6.07) is 0.273. The van der Waals surface area contributed by atoms with E-state index in [0.29, 0.717) is 51.0 Å². The molecule has 1 aromatic heterocycles. The highest BCUT2D eigenvalue weighted by Gasteiger charge is 2.27. The van der Waals surface area contributed by atoms with E-state index in [-0.39, 0.29) is 18.0 Å². The maximum Gasteiger partial charge on any atom is 0.407 e. The smallest absolute Gasteiger partial charge is 0.407 e. The number of rotatable bonds is 3. The summed E-state index contributed by atoms with van der Waals surface area (Å²) in [5.41, 5.74) is 1.28. The average Bonchev–Trinajstić information content (AvgIpc) is 2.56. The zero-order valence-corrected chi connectivity index (χ0v) is 13.1. The molecule has 0 bridgehead atoms. The molecule has 0 aromatic carbocycles. The minimum Gasteiger partial charge on any atom is -0.465 e. The number of nitrogens with zero attached hydrogens (tertiary/aromatic N) is 4. The van der Waals surface area contributed by atoms with Crippen molar-refractivity contribution in [1.82, 2.24) is 19.8 Å². The Morgan fingerprint density at radius 1 is 1.39 bits per heavy atom. The molecule has 3 heterocycles. The summed E-state index contributed by atoms with van der Waals surface area (Å²) in [6.45, 7) is 4.20. The van der Waals surface area contributed by atoms with E-state index in [1.54, 1.807) is 4.90 Å². The van der Waals surface area contributed by atoms with Gasteiger partial charge in [-0.3, -0.25) is 4.79 Å². The van der Waals surface area contributed by atoms with Crippen LogP contribution in [-0.4, -0.2) is 69.2 Å². The average molecular weight is 320 g/mol. The van der Waals surface area contributed by atoms with Gasteiger partial charge in [0.25, 0.3) is 5.91 Å². The van der Waals surface area contributed by atoms with Crippen LogP contribution in [0.3, 0.4) is 0 Å². The molecule has 3 rings (SSSR count). The van der Waals surface area contributed by atoms with Gasteiger partial charge in [-0.2, -0.15) is 4.98 Å². The molecular weight excluding hydrogens is 300 g/mol. The van der Waals surface area contributed by atoms with Crippen molar-refractivity contribution in [2.24, 2.45) is 0 Å². The van der Waals surface area contributed by atoms with E-state index >= 15 is 0 Å². The standard InChI is InChI=1S/C15H20N4O4/c1-2-18-8-5-12-11(13(18)20)9-16-14(17-12)23-10-3-6-19(7-4-10)15(21)22/h9-10H,2-8H2,1H3,(H,21,22). The fourth-order valence-corrected chi connectivity index (χ4v) is 2.95. The molecule has 0 aliphatic carbocycles. The number of hydrogen-bond donors (Lipinski definition) is 1. The third kappa shape index (κ3) is 3.20. The van der Waals surface area contributed by atoms with Crippen LogP contribution in [0.5, 0.6) is 6.01 Å². The van der Waals surface area contributed by atoms with Crippen molar-refractivity contribution in [2.75, 3.05) is 26.2 Å². The molecule has 0 atom stereocenters. The molecule has 8 nitrogen and oxygen atoms in total. The number of amides is 2. The Kier molecular flexibility index (Phi) is 4.31. The van der Waals surface area contributed by atoms with Crippen LogP contribution < -0.4 is 4.74 Å². The minimum atomic E-state index is -0.896. The van der Waals surface area contributed by atoms with Gasteiger partial charge in [0, 0.05) is 51.6 Å². The first kappa shape index (κ1) is 15.5. The summed E-state index contributed by atoms with van der Waals surface area (Å²) in [7, 11) is 0. The molecule has 2 aliphatic rings. The fraction of sp³-hybridized carbons (Fsp3) is 0.600. The van der Waals surface area contributed by atoms with E-state index < -0.39 is 6.09 Å². The van der Waals surface area contributed by atoms with Crippen molar-refractivity contribution in [3.8, 4) is 6.01 Å². The highest BCUT2D eigenvalue weighted by molar-refractivity contribution is 5.96. The van der Waals surface area contributed by atoms with Crippen LogP contribution in [0.2, 0.25) is 0 Å². The second kappa shape index (κ2) is 6.39. The SMILES string of the molecule is CCN1CCc2nc(OC3CCN(C(=O)O)CC3)ncc2C1=O. The first-order valence-corrected chi connectivity index (χ1v) is 7.88. The second-order valence-corrected chi connectivity index (χ2v) is 5.73. The predicted molar refractivity (Wildman–Crippen MR) is 80.6 cm³/mol. The van der Waals surface area contributed by atoms with E-state index in [1.165, 1.54) is 11.1 Å². The minimum absolute atomic E-state index is 0.0323. The molecular formula is C15H20N4O4. The second-order valence-electron chi connectivity index (χ2n) is 5.73. The molecule has 1 fully saturated rings. The summed E-state index contributed by atoms with van der Waals surface area (Å²) in [6.07, 6.45) is 2.49. The maximum atomic E-state index is 12.2. The summed E-state index contributed by atoms with van der Waals surface area (Å²) in [5, 5.41) is 8.94. The Morgan fingerprint density at radius 3 is 2.78 bits per heavy atom. The molecule has 0 saturated carbocycles. The van der Waals surface area contributed by atoms with Crippen molar-refractivity contribution in [3.63, 3.8) is 0 Å². The van der Waals surface area contributed by atoms with Gasteiger partial charge < -0.3 is 19.6 Å². The zero-order chi connectivity index (χ0) is 16.4. The fourth-order valence-electron chi connectivity index (χ4n) is 2.95. The van der Waals surface area contributed by atoms with E-state index in [9.17, 15) is 9.59 Å². The van der Waals surface area contributed by atoms with Gasteiger partial charge in [-0.15, -0.1) is 0 Å². The summed E-state index contributed by atoms with van der Waals surface area (Å²) >= 11 is 0. The third-order valence-electron chi connectivity index (χ3n) is 4.35. The number of carbonyl (C=O) groups is 2. The lowest BCUT2D eigenvalue weighted by atomic mass is 10.1. The largest absolute Gasteiger partial charge is 0.465 e. The lowest BCUT2D eigenvalue weighted by molar-refractivity contribution is 0.0742. The van der Waals surface area contributed by atoms with Crippen molar-refractivity contribution < 1.29 is 19.4 Å². The normalized spacial score (nSPS) is 18.7. The third-order valence-corrected chi connectivity index (χ3v) is 4.35. The van der Waals surface area contributed by atoms with Crippen molar-refractivity contribution in [2.45, 2.75) is 32.3 Å². The highest BCUT2D eigenvalue weighted by Crippen LogP contribution is 2.21. The highest BCUT2D eigenvalue weighted by atomic mass is 16.5. The number of carbonyl (C=O) groups excluding carboxylic acids is 1. The van der Waals surface area contributed by atoms with E-state index in [4.69, 9.17) is 9.84 Å². The summed E-state index contributed by atoms with van der Waals surface area (Å²) < 4.78 is 5.77. The molecule has 1 aromatic rings. The molecule has 1 saturated heterocycles. The predicted octanol–water partition coefficient (Wildman–Crippen LogP) is 1.02. The number of aromatic nitrogens is 2. The number of piperidine rings is 1. The Labute approximate surface area is 134 Å². The number of fused-ring (bicyclic) bond motifs is 1. The molecule has 2 amide bonds. The quantitative estimate of drug-likeness (QED) is 0.893. The van der Waals surface area contributed by atoms with Gasteiger partial charge in [-0.25, -0.2) is 9.78 Å². The molecule has 0 unspecified atom stereocenters. The van der Waals surface area contributed by atoms with Gasteiger partial charge in [-0.1, -0.05) is 0 Å². The van der Waals surface area contributed by atoms with Crippen molar-refractivity contribution in [3.05, 3.63) is 17.5 Å². The molecule has 23 heavy (non-hydrogen) atoms. The Balaban J connectivity index is 1.65. The lowest BCUT2D eigenvalue weighted by Crippen LogP contribution is -2.41. The first-order chi connectivity index (χ1) is 11.1. The van der Waals surface area contributed by atoms with Crippen molar-refractivity contribution in [1.29, 1.82) is 0 Å². The van der Waals surface area contributed by atoms with Gasteiger partial charge in [0.2, 0.25) is 0 Å². The van der Waals surface area contributed by atoms with E-state index in [0.717, 1.165) is 5.69 Å². The number of likely N-dealkylation sites (tertiary alicyclic amines) is 1. The van der Waals surface area contributed by atoms with E-state index in [1.807, 2.05) is 6.92 Å². The van der Waals surface area contributed by atoms with Gasteiger partial charge in [0.15, 0.2) is 0 Å². The molecule has 2 aliphatic heterocycles. The number of hydrogen-bond acceptors (Lipinski definition) is 5. The van der Waals surface area contributed by atoms with Gasteiger partial charge >= 0.3 is 12.1 Å². The molecule has 0 spiro atoms. The zero-order valence-electron chi connectivity index (χ0n) is 13.1. The van der Waals surface area contributed by atoms with Crippen LogP contribution >= 0.6 is 0 Å². The van der Waals surface area contributed by atoms with Crippen LogP contribution in [0.4, 0.5) is 4.79 Å². The summed E-state index contributed by atoms with van der Waals surface area (Å²) in [4.78, 5) is 34.8. The van der Waals surface area contributed by atoms with Crippen LogP contribution in [0.15, 0.2) is 6.20 Å². The van der Waals surface area contributed by atoms with Crippen LogP contribution in [-0.2, 0) is 6.42 Å². The van der Waals surface area contributed by atoms with Crippen LogP contribution in [0, 0.1) is 0 Å². The number of carboxylic acid groups (broad SMARTS) is 1. The lowest BCUT2D eigenvalue weighted by Gasteiger charge is -2.30. The molecule has 0 radical (unpaired) electrons. The number of likely N-dealkylation sites (N-methyl/N-ethyl adjacent to an activating group) is 1. The van der Waals surface area contributed by atoms with Gasteiger partial charge in [0.1, 0.15) is 6.10 Å². The monoisotopic (exact) mass is 320 g/mol. The number of ether oxygens (including phenoxy) is 1. The maximum absolute atomic E-state index is 12.2. The van der Waals surface area contributed by atoms with Gasteiger partial charge in [-0.05, 0) is 6.92 Å². The first-order valence-electron chi connectivity index (χ1n) is 7.88. The van der Waals surface area contributed by atoms with Crippen molar-refractivity contribution >= 4 is 12.0 Å². The van der Waals surface area contributed by atoms with E-state index in [2.05, 4.69) is 9.97 Å². The molecule has 8 heteroatoms. The molecule has 124 valence electrons. The Hall–Kier alpha value is -2.38. The molecule has 1 N–H and O–H groups in total. The van der Waals surface area contributed by atoms with Crippen LogP contribution in [0.1, 0.15) is 35.8 Å². The summed E-state index contributed by atoms with van der Waals surface area (Å²) in [5.74, 6) is -0.0323. The van der Waals surface area contributed by atoms with Crippen LogP contribution in [0.25, 0.3) is 0 Å². The van der Waals surface area contributed by atoms with Gasteiger partial charge in [0.05, 0.1) is 11.3 Å².